The van der Waals surface area contributed by atoms with Crippen LogP contribution in [0.5, 0.6) is 0 Å². The average molecular weight is 393 g/mol. The van der Waals surface area contributed by atoms with Gasteiger partial charge in [-0.1, -0.05) is 50.3 Å². The molecule has 0 aromatic carbocycles. The van der Waals surface area contributed by atoms with Gasteiger partial charge in [0, 0.05) is 24.3 Å². The summed E-state index contributed by atoms with van der Waals surface area (Å²) in [5.41, 5.74) is 0. The lowest BCUT2D eigenvalue weighted by molar-refractivity contribution is -0.137. The van der Waals surface area contributed by atoms with Gasteiger partial charge in [-0.2, -0.15) is 0 Å². The molecule has 0 aliphatic rings. The molecule has 5 heteroatoms. The van der Waals surface area contributed by atoms with Crippen LogP contribution in [0.2, 0.25) is 0 Å². The minimum Gasteiger partial charge on any atom is -0.481 e. The van der Waals surface area contributed by atoms with Gasteiger partial charge < -0.3 is 10.2 Å². The molecule has 1 rings (SSSR count). The summed E-state index contributed by atoms with van der Waals surface area (Å²) in [6, 6.07) is 3.74. The van der Waals surface area contributed by atoms with Crippen molar-refractivity contribution in [1.82, 2.24) is 0 Å². The molecule has 1 heterocycles. The smallest absolute Gasteiger partial charge is 0.303 e. The molecule has 0 amide bonds. The van der Waals surface area contributed by atoms with E-state index < -0.39 is 5.97 Å². The zero-order valence-corrected chi connectivity index (χ0v) is 16.9. The van der Waals surface area contributed by atoms with Gasteiger partial charge in [0.2, 0.25) is 0 Å². The molecule has 27 heavy (non-hydrogen) atoms. The van der Waals surface area contributed by atoms with Crippen molar-refractivity contribution in [2.24, 2.45) is 0 Å². The van der Waals surface area contributed by atoms with Crippen LogP contribution in [-0.2, 0) is 4.79 Å². The van der Waals surface area contributed by atoms with E-state index in [1.54, 1.807) is 0 Å². The maximum Gasteiger partial charge on any atom is 0.303 e. The van der Waals surface area contributed by atoms with Gasteiger partial charge in [0.15, 0.2) is 5.78 Å². The molecule has 1 aromatic heterocycles. The number of carbonyl (C=O) groups is 2. The quantitative estimate of drug-likeness (QED) is 0.210. The van der Waals surface area contributed by atoms with E-state index in [2.05, 4.69) is 12.2 Å². The van der Waals surface area contributed by atoms with Crippen LogP contribution < -0.4 is 0 Å². The zero-order chi connectivity index (χ0) is 19.7. The molecule has 150 valence electrons. The second-order valence-electron chi connectivity index (χ2n) is 6.65. The van der Waals surface area contributed by atoms with E-state index >= 15 is 0 Å². The van der Waals surface area contributed by atoms with Gasteiger partial charge in [-0.3, -0.25) is 9.59 Å². The van der Waals surface area contributed by atoms with Gasteiger partial charge in [0.25, 0.3) is 0 Å². The molecule has 0 unspecified atom stereocenters. The summed E-state index contributed by atoms with van der Waals surface area (Å²) in [5.74, 6) is -0.838. The number of carboxylic acid groups (broad SMARTS) is 1. The van der Waals surface area contributed by atoms with Gasteiger partial charge in [0.05, 0.1) is 4.88 Å². The molecule has 0 saturated carbocycles. The standard InChI is InChI=1S/C22H32O4S/c23-18-11-9-7-5-3-1-2-4-6-8-10-13-19-16-17-21(27-19)20(24)14-12-15-22(25)26/h6,8,10,13,16-17,23H,1-5,7,9,11-12,14-15,18H2,(H,25,26)/b8-6+,13-10+. The van der Waals surface area contributed by atoms with Crippen molar-refractivity contribution < 1.29 is 19.8 Å². The highest BCUT2D eigenvalue weighted by molar-refractivity contribution is 7.14. The number of hydrogen-bond acceptors (Lipinski definition) is 4. The summed E-state index contributed by atoms with van der Waals surface area (Å²) >= 11 is 1.45. The van der Waals surface area contributed by atoms with E-state index in [-0.39, 0.29) is 18.6 Å². The molecule has 0 radical (unpaired) electrons. The number of thiophene rings is 1. The first-order valence-electron chi connectivity index (χ1n) is 9.92. The second kappa shape index (κ2) is 15.3. The summed E-state index contributed by atoms with van der Waals surface area (Å²) in [4.78, 5) is 24.2. The maximum absolute atomic E-state index is 12.0. The Morgan fingerprint density at radius 1 is 0.889 bits per heavy atom. The van der Waals surface area contributed by atoms with Crippen molar-refractivity contribution in [3.05, 3.63) is 40.1 Å². The topological polar surface area (TPSA) is 74.6 Å². The summed E-state index contributed by atoms with van der Waals surface area (Å²) < 4.78 is 0. The number of carboxylic acids is 1. The van der Waals surface area contributed by atoms with Crippen molar-refractivity contribution >= 4 is 29.2 Å². The highest BCUT2D eigenvalue weighted by Gasteiger charge is 2.09. The van der Waals surface area contributed by atoms with Crippen LogP contribution in [0.15, 0.2) is 30.4 Å². The molecule has 0 aliphatic carbocycles. The lowest BCUT2D eigenvalue weighted by Gasteiger charge is -1.99. The van der Waals surface area contributed by atoms with Gasteiger partial charge in [-0.05, 0) is 43.9 Å². The monoisotopic (exact) mass is 392 g/mol. The van der Waals surface area contributed by atoms with Crippen LogP contribution >= 0.6 is 11.3 Å². The fourth-order valence-corrected chi connectivity index (χ4v) is 3.59. The molecule has 0 spiro atoms. The Bertz CT molecular complexity index is 601. The van der Waals surface area contributed by atoms with E-state index in [1.165, 1.54) is 43.4 Å². The minimum absolute atomic E-state index is 0.0211. The first-order valence-corrected chi connectivity index (χ1v) is 10.7. The van der Waals surface area contributed by atoms with Crippen molar-refractivity contribution in [2.75, 3.05) is 6.61 Å². The van der Waals surface area contributed by atoms with Crippen LogP contribution in [0, 0.1) is 0 Å². The SMILES string of the molecule is O=C(O)CCCC(=O)c1ccc(/C=C/C=C/CCCCCCCCCO)s1. The van der Waals surface area contributed by atoms with Crippen molar-refractivity contribution in [3.63, 3.8) is 0 Å². The molecular weight excluding hydrogens is 360 g/mol. The third-order valence-corrected chi connectivity index (χ3v) is 5.32. The molecule has 0 atom stereocenters. The molecule has 0 aliphatic heterocycles. The number of aliphatic carboxylic acids is 1. The van der Waals surface area contributed by atoms with E-state index in [0.717, 1.165) is 24.1 Å². The number of rotatable bonds is 16. The molecule has 4 nitrogen and oxygen atoms in total. The first kappa shape index (κ1) is 23.3. The molecule has 0 fully saturated rings. The number of allylic oxidation sites excluding steroid dienone is 3. The van der Waals surface area contributed by atoms with Crippen LogP contribution in [0.4, 0.5) is 0 Å². The Labute approximate surface area is 166 Å². The number of ketones is 1. The second-order valence-corrected chi connectivity index (χ2v) is 7.76. The third kappa shape index (κ3) is 12.3. The fraction of sp³-hybridized carbons (Fsp3) is 0.545. The number of unbranched alkanes of at least 4 members (excludes halogenated alkanes) is 7. The van der Waals surface area contributed by atoms with E-state index in [0.29, 0.717) is 17.9 Å². The van der Waals surface area contributed by atoms with Crippen molar-refractivity contribution in [3.8, 4) is 0 Å². The van der Waals surface area contributed by atoms with E-state index in [9.17, 15) is 9.59 Å². The van der Waals surface area contributed by atoms with Crippen LogP contribution in [-0.4, -0.2) is 28.6 Å². The number of carbonyl (C=O) groups excluding carboxylic acids is 1. The summed E-state index contributed by atoms with van der Waals surface area (Å²) in [5, 5.41) is 17.3. The lowest BCUT2D eigenvalue weighted by atomic mass is 10.1. The number of Topliss-reactive ketones (excluding diaryl/α,β-unsaturated/α-hetero) is 1. The molecule has 2 N–H and O–H groups in total. The third-order valence-electron chi connectivity index (χ3n) is 4.23. The molecular formula is C22H32O4S. The van der Waals surface area contributed by atoms with Crippen LogP contribution in [0.1, 0.15) is 85.2 Å². The van der Waals surface area contributed by atoms with Gasteiger partial charge in [-0.15, -0.1) is 11.3 Å². The minimum atomic E-state index is -0.859. The Morgan fingerprint density at radius 2 is 1.59 bits per heavy atom. The fourth-order valence-electron chi connectivity index (χ4n) is 2.70. The predicted octanol–water partition coefficient (Wildman–Crippen LogP) is 5.87. The summed E-state index contributed by atoms with van der Waals surface area (Å²) in [6.45, 7) is 0.314. The Morgan fingerprint density at radius 3 is 2.30 bits per heavy atom. The van der Waals surface area contributed by atoms with Crippen molar-refractivity contribution in [2.45, 2.75) is 70.6 Å². The molecule has 0 saturated heterocycles. The van der Waals surface area contributed by atoms with Crippen molar-refractivity contribution in [1.29, 1.82) is 0 Å². The highest BCUT2D eigenvalue weighted by Crippen LogP contribution is 2.20. The molecule has 1 aromatic rings. The predicted molar refractivity (Wildman–Crippen MR) is 112 cm³/mol. The summed E-state index contributed by atoms with van der Waals surface area (Å²) in [7, 11) is 0. The summed E-state index contributed by atoms with van der Waals surface area (Å²) in [6.07, 6.45) is 18.3. The van der Waals surface area contributed by atoms with E-state index in [4.69, 9.17) is 10.2 Å². The normalized spacial score (nSPS) is 11.6. The van der Waals surface area contributed by atoms with Gasteiger partial charge in [0.1, 0.15) is 0 Å². The van der Waals surface area contributed by atoms with Gasteiger partial charge in [-0.25, -0.2) is 0 Å². The first-order chi connectivity index (χ1) is 13.1. The Hall–Kier alpha value is -1.72. The number of aliphatic hydroxyl groups is 1. The highest BCUT2D eigenvalue weighted by atomic mass is 32.1. The lowest BCUT2D eigenvalue weighted by Crippen LogP contribution is -1.99. The zero-order valence-electron chi connectivity index (χ0n) is 16.1. The van der Waals surface area contributed by atoms with Crippen LogP contribution in [0.3, 0.4) is 0 Å². The maximum atomic E-state index is 12.0. The molecule has 0 bridgehead atoms. The Kier molecular flexibility index (Phi) is 13.3. The number of hydrogen-bond donors (Lipinski definition) is 2. The Balaban J connectivity index is 2.14. The average Bonchev–Trinajstić information content (AvgIpc) is 3.11. The van der Waals surface area contributed by atoms with Gasteiger partial charge >= 0.3 is 5.97 Å². The van der Waals surface area contributed by atoms with E-state index in [1.807, 2.05) is 24.3 Å². The largest absolute Gasteiger partial charge is 0.481 e. The number of aliphatic hydroxyl groups excluding tert-OH is 1. The van der Waals surface area contributed by atoms with Crippen LogP contribution in [0.25, 0.3) is 6.08 Å².